The van der Waals surface area contributed by atoms with Gasteiger partial charge in [0.1, 0.15) is 29.7 Å². The number of carbonyl (C=O) groups is 2. The maximum atomic E-state index is 12.5. The normalized spacial score (nSPS) is 10.8. The number of amides is 1. The Bertz CT molecular complexity index is 1210. The summed E-state index contributed by atoms with van der Waals surface area (Å²) in [6, 6.07) is 18.7. The van der Waals surface area contributed by atoms with Crippen molar-refractivity contribution in [3.05, 3.63) is 94.0 Å². The van der Waals surface area contributed by atoms with E-state index in [1.807, 2.05) is 6.07 Å². The fourth-order valence-corrected chi connectivity index (χ4v) is 2.90. The van der Waals surface area contributed by atoms with Crippen LogP contribution < -0.4 is 10.1 Å². The van der Waals surface area contributed by atoms with Crippen molar-refractivity contribution < 1.29 is 24.5 Å². The Balaban J connectivity index is 1.79. The number of aromatic hydroxyl groups is 1. The third kappa shape index (κ3) is 5.88. The number of nitrogens with one attached hydrogen (secondary N) is 1. The number of hydrogen-bond donors (Lipinski definition) is 3. The van der Waals surface area contributed by atoms with Crippen molar-refractivity contribution in [3.63, 3.8) is 0 Å². The first-order chi connectivity index (χ1) is 15.4. The van der Waals surface area contributed by atoms with Gasteiger partial charge in [0, 0.05) is 16.3 Å². The predicted molar refractivity (Wildman–Crippen MR) is 120 cm³/mol. The topological polar surface area (TPSA) is 120 Å². The molecule has 0 unspecified atom stereocenters. The van der Waals surface area contributed by atoms with Gasteiger partial charge in [0.25, 0.3) is 5.91 Å². The van der Waals surface area contributed by atoms with Crippen molar-refractivity contribution in [1.29, 1.82) is 5.26 Å². The van der Waals surface area contributed by atoms with Crippen LogP contribution >= 0.6 is 11.6 Å². The molecule has 0 bridgehead atoms. The summed E-state index contributed by atoms with van der Waals surface area (Å²) in [5.41, 5.74) is 1.59. The lowest BCUT2D eigenvalue weighted by Crippen LogP contribution is -2.13. The van der Waals surface area contributed by atoms with E-state index in [9.17, 15) is 20.0 Å². The lowest BCUT2D eigenvalue weighted by molar-refractivity contribution is -0.112. The molecular weight excluding hydrogens is 432 g/mol. The average molecular weight is 449 g/mol. The maximum absolute atomic E-state index is 12.5. The lowest BCUT2D eigenvalue weighted by Gasteiger charge is -2.11. The number of phenols is 1. The molecule has 3 aromatic carbocycles. The molecule has 3 rings (SSSR count). The molecule has 0 aliphatic heterocycles. The van der Waals surface area contributed by atoms with Gasteiger partial charge in [-0.1, -0.05) is 23.7 Å². The van der Waals surface area contributed by atoms with Crippen molar-refractivity contribution in [2.75, 3.05) is 5.32 Å². The number of ether oxygens (including phenoxy) is 1. The quantitative estimate of drug-likeness (QED) is 0.269. The molecule has 0 heterocycles. The minimum Gasteiger partial charge on any atom is -0.508 e. The largest absolute Gasteiger partial charge is 0.508 e. The molecule has 0 radical (unpaired) electrons. The second kappa shape index (κ2) is 10.2. The van der Waals surface area contributed by atoms with E-state index in [0.29, 0.717) is 22.0 Å². The summed E-state index contributed by atoms with van der Waals surface area (Å²) in [4.78, 5) is 23.5. The molecular formula is C24H17ClN2O5. The number of carboxylic acids is 1. The van der Waals surface area contributed by atoms with Gasteiger partial charge in [0.05, 0.1) is 5.56 Å². The Labute approximate surface area is 188 Å². The number of phenolic OH excluding ortho intramolecular Hbond substituents is 1. The van der Waals surface area contributed by atoms with Crippen molar-refractivity contribution in [2.24, 2.45) is 0 Å². The van der Waals surface area contributed by atoms with Crippen LogP contribution in [0.5, 0.6) is 11.5 Å². The summed E-state index contributed by atoms with van der Waals surface area (Å²) in [7, 11) is 0. The summed E-state index contributed by atoms with van der Waals surface area (Å²) >= 11 is 6.08. The first-order valence-corrected chi connectivity index (χ1v) is 9.70. The van der Waals surface area contributed by atoms with Gasteiger partial charge in [0.2, 0.25) is 0 Å². The van der Waals surface area contributed by atoms with Gasteiger partial charge in [-0.2, -0.15) is 5.26 Å². The summed E-state index contributed by atoms with van der Waals surface area (Å²) in [5.74, 6) is -1.20. The number of aromatic carboxylic acids is 1. The average Bonchev–Trinajstić information content (AvgIpc) is 2.78. The molecule has 32 heavy (non-hydrogen) atoms. The molecule has 0 saturated carbocycles. The number of hydrogen-bond acceptors (Lipinski definition) is 5. The number of rotatable bonds is 7. The Morgan fingerprint density at radius 3 is 2.38 bits per heavy atom. The van der Waals surface area contributed by atoms with Crippen molar-refractivity contribution in [1.82, 2.24) is 0 Å². The summed E-state index contributed by atoms with van der Waals surface area (Å²) < 4.78 is 5.82. The molecule has 0 aromatic heterocycles. The van der Waals surface area contributed by atoms with Crippen LogP contribution in [0.1, 0.15) is 21.5 Å². The molecule has 160 valence electrons. The predicted octanol–water partition coefficient (Wildman–Crippen LogP) is 4.87. The van der Waals surface area contributed by atoms with E-state index in [0.717, 1.165) is 5.56 Å². The number of halogens is 1. The minimum atomic E-state index is -1.02. The highest BCUT2D eigenvalue weighted by Gasteiger charge is 2.12. The van der Waals surface area contributed by atoms with E-state index in [-0.39, 0.29) is 23.5 Å². The van der Waals surface area contributed by atoms with E-state index < -0.39 is 11.9 Å². The van der Waals surface area contributed by atoms with Crippen LogP contribution in [-0.2, 0) is 11.4 Å². The van der Waals surface area contributed by atoms with Crippen LogP contribution in [0.2, 0.25) is 5.02 Å². The zero-order valence-electron chi connectivity index (χ0n) is 16.6. The van der Waals surface area contributed by atoms with Crippen LogP contribution in [0.15, 0.2) is 72.3 Å². The van der Waals surface area contributed by atoms with Crippen molar-refractivity contribution in [2.45, 2.75) is 6.61 Å². The Kier molecular flexibility index (Phi) is 7.11. The van der Waals surface area contributed by atoms with Gasteiger partial charge in [-0.3, -0.25) is 4.79 Å². The highest BCUT2D eigenvalue weighted by atomic mass is 35.5. The molecule has 7 nitrogen and oxygen atoms in total. The van der Waals surface area contributed by atoms with Gasteiger partial charge in [-0.15, -0.1) is 0 Å². The summed E-state index contributed by atoms with van der Waals surface area (Å²) in [5, 5.41) is 30.8. The highest BCUT2D eigenvalue weighted by Crippen LogP contribution is 2.27. The summed E-state index contributed by atoms with van der Waals surface area (Å²) in [6.45, 7) is 0.143. The lowest BCUT2D eigenvalue weighted by atomic mass is 10.1. The second-order valence-electron chi connectivity index (χ2n) is 6.64. The van der Waals surface area contributed by atoms with E-state index in [2.05, 4.69) is 5.32 Å². The number of carboxylic acid groups (broad SMARTS) is 1. The van der Waals surface area contributed by atoms with Crippen LogP contribution in [0.4, 0.5) is 5.69 Å². The molecule has 3 aromatic rings. The third-order valence-electron chi connectivity index (χ3n) is 4.36. The zero-order chi connectivity index (χ0) is 23.1. The Morgan fingerprint density at radius 1 is 1.06 bits per heavy atom. The molecule has 8 heteroatoms. The third-order valence-corrected chi connectivity index (χ3v) is 4.59. The molecule has 0 atom stereocenters. The van der Waals surface area contributed by atoms with Crippen LogP contribution in [0.25, 0.3) is 6.08 Å². The van der Waals surface area contributed by atoms with Gasteiger partial charge < -0.3 is 20.3 Å². The van der Waals surface area contributed by atoms with Gasteiger partial charge in [-0.05, 0) is 66.2 Å². The second-order valence-corrected chi connectivity index (χ2v) is 7.08. The fraction of sp³-hybridized carbons (Fsp3) is 0.0417. The van der Waals surface area contributed by atoms with Gasteiger partial charge in [-0.25, -0.2) is 4.79 Å². The van der Waals surface area contributed by atoms with Crippen molar-refractivity contribution >= 4 is 35.2 Å². The molecule has 0 fully saturated rings. The number of benzene rings is 3. The van der Waals surface area contributed by atoms with Crippen molar-refractivity contribution in [3.8, 4) is 17.6 Å². The molecule has 1 amide bonds. The smallest absolute Gasteiger partial charge is 0.335 e. The van der Waals surface area contributed by atoms with Crippen LogP contribution in [0, 0.1) is 11.3 Å². The first-order valence-electron chi connectivity index (χ1n) is 9.32. The number of carbonyl (C=O) groups excluding carboxylic acids is 1. The Hall–Kier alpha value is -4.28. The molecule has 0 saturated heterocycles. The summed E-state index contributed by atoms with van der Waals surface area (Å²) in [6.07, 6.45) is 1.37. The first kappa shape index (κ1) is 22.4. The van der Waals surface area contributed by atoms with E-state index in [1.165, 1.54) is 42.5 Å². The maximum Gasteiger partial charge on any atom is 0.335 e. The molecule has 0 aliphatic rings. The molecule has 3 N–H and O–H groups in total. The Morgan fingerprint density at radius 2 is 1.75 bits per heavy atom. The SMILES string of the molecule is N#C/C(=C\c1cc(Cl)ccc1OCc1ccc(C(=O)O)cc1)C(=O)Nc1ccc(O)cc1. The highest BCUT2D eigenvalue weighted by molar-refractivity contribution is 6.30. The van der Waals surface area contributed by atoms with Crippen LogP contribution in [0.3, 0.4) is 0 Å². The number of anilines is 1. The zero-order valence-corrected chi connectivity index (χ0v) is 17.3. The standard InChI is InChI=1S/C24H17ClN2O5/c25-19-5-10-22(32-14-15-1-3-16(4-2-15)24(30)31)17(12-19)11-18(13-26)23(29)27-20-6-8-21(28)9-7-20/h1-12,28H,14H2,(H,27,29)(H,30,31)/b18-11+. The van der Waals surface area contributed by atoms with Crippen LogP contribution in [-0.4, -0.2) is 22.1 Å². The van der Waals surface area contributed by atoms with Gasteiger partial charge >= 0.3 is 5.97 Å². The molecule has 0 aliphatic carbocycles. The fourth-order valence-electron chi connectivity index (χ4n) is 2.72. The van der Waals surface area contributed by atoms with E-state index in [4.69, 9.17) is 21.4 Å². The number of nitriles is 1. The van der Waals surface area contributed by atoms with E-state index in [1.54, 1.807) is 30.3 Å². The monoisotopic (exact) mass is 448 g/mol. The minimum absolute atomic E-state index is 0.0531. The molecule has 0 spiro atoms. The van der Waals surface area contributed by atoms with Gasteiger partial charge in [0.15, 0.2) is 0 Å². The number of nitrogens with zero attached hydrogens (tertiary/aromatic N) is 1. The van der Waals surface area contributed by atoms with E-state index >= 15 is 0 Å².